The van der Waals surface area contributed by atoms with Crippen molar-refractivity contribution >= 4 is 11.8 Å². The van der Waals surface area contributed by atoms with Crippen LogP contribution in [0, 0.1) is 25.2 Å². The number of ether oxygens (including phenoxy) is 1. The number of aromatic nitrogens is 2. The van der Waals surface area contributed by atoms with E-state index in [2.05, 4.69) is 21.6 Å². The van der Waals surface area contributed by atoms with Gasteiger partial charge in [-0.1, -0.05) is 0 Å². The quantitative estimate of drug-likeness (QED) is 0.707. The Labute approximate surface area is 104 Å². The van der Waals surface area contributed by atoms with Gasteiger partial charge in [0, 0.05) is 6.54 Å². The summed E-state index contributed by atoms with van der Waals surface area (Å²) in [6, 6.07) is 2.06. The molecule has 0 radical (unpaired) electrons. The Bertz CT molecular complexity index is 482. The summed E-state index contributed by atoms with van der Waals surface area (Å²) < 4.78 is 4.85. The van der Waals surface area contributed by atoms with E-state index in [4.69, 9.17) is 15.1 Å². The summed E-state index contributed by atoms with van der Waals surface area (Å²) in [6.07, 6.45) is 0. The first-order valence-corrected chi connectivity index (χ1v) is 5.33. The van der Waals surface area contributed by atoms with Crippen molar-refractivity contribution in [1.82, 2.24) is 10.2 Å². The van der Waals surface area contributed by atoms with Crippen LogP contribution in [0.3, 0.4) is 0 Å². The molecule has 0 fully saturated rings. The first kappa shape index (κ1) is 13.9. The molecule has 2 N–H and O–H groups in total. The van der Waals surface area contributed by atoms with Gasteiger partial charge in [0.1, 0.15) is 18.2 Å². The summed E-state index contributed by atoms with van der Waals surface area (Å²) in [5, 5.41) is 28.1. The van der Waals surface area contributed by atoms with Gasteiger partial charge in [0.2, 0.25) is 0 Å². The van der Waals surface area contributed by atoms with Gasteiger partial charge in [-0.25, -0.2) is 4.79 Å². The standard InChI is InChI=1S/C11H14N4O3/c1-7-8(2)14-15-11(9(7)5-12)13-3-4-18-6-10(16)17/h3-4,6H2,1-2H3,(H,13,15)(H,16,17). The van der Waals surface area contributed by atoms with E-state index >= 15 is 0 Å². The lowest BCUT2D eigenvalue weighted by Crippen LogP contribution is -2.16. The van der Waals surface area contributed by atoms with Crippen LogP contribution < -0.4 is 5.32 Å². The predicted octanol–water partition coefficient (Wildman–Crippen LogP) is 0.478. The number of carboxylic acid groups (broad SMARTS) is 1. The zero-order valence-corrected chi connectivity index (χ0v) is 10.2. The third kappa shape index (κ3) is 3.68. The molecule has 0 aromatic carbocycles. The molecular formula is C11H14N4O3. The van der Waals surface area contributed by atoms with E-state index in [1.807, 2.05) is 0 Å². The highest BCUT2D eigenvalue weighted by atomic mass is 16.5. The van der Waals surface area contributed by atoms with Crippen molar-refractivity contribution in [2.45, 2.75) is 13.8 Å². The zero-order valence-electron chi connectivity index (χ0n) is 10.2. The van der Waals surface area contributed by atoms with E-state index in [1.54, 1.807) is 13.8 Å². The second kappa shape index (κ2) is 6.51. The normalized spacial score (nSPS) is 9.83. The summed E-state index contributed by atoms with van der Waals surface area (Å²) in [6.45, 7) is 3.81. The lowest BCUT2D eigenvalue weighted by Gasteiger charge is -2.09. The van der Waals surface area contributed by atoms with Crippen molar-refractivity contribution in [3.05, 3.63) is 16.8 Å². The molecule has 7 nitrogen and oxygen atoms in total. The van der Waals surface area contributed by atoms with Crippen molar-refractivity contribution in [2.24, 2.45) is 0 Å². The minimum absolute atomic E-state index is 0.214. The number of hydrogen-bond donors (Lipinski definition) is 2. The maximum Gasteiger partial charge on any atom is 0.329 e. The molecule has 0 spiro atoms. The van der Waals surface area contributed by atoms with E-state index in [-0.39, 0.29) is 13.2 Å². The Morgan fingerprint density at radius 2 is 2.22 bits per heavy atom. The number of anilines is 1. The molecule has 0 saturated heterocycles. The number of rotatable bonds is 6. The van der Waals surface area contributed by atoms with Crippen LogP contribution >= 0.6 is 0 Å². The topological polar surface area (TPSA) is 108 Å². The fraction of sp³-hybridized carbons (Fsp3) is 0.455. The number of carbonyl (C=O) groups is 1. The van der Waals surface area contributed by atoms with Crippen LogP contribution in [0.25, 0.3) is 0 Å². The summed E-state index contributed by atoms with van der Waals surface area (Å²) in [7, 11) is 0. The van der Waals surface area contributed by atoms with Gasteiger partial charge in [-0.15, -0.1) is 5.10 Å². The van der Waals surface area contributed by atoms with Gasteiger partial charge in [-0.05, 0) is 19.4 Å². The molecule has 1 aromatic rings. The van der Waals surface area contributed by atoms with Crippen LogP contribution in [-0.2, 0) is 9.53 Å². The molecule has 7 heteroatoms. The average Bonchev–Trinajstić information content (AvgIpc) is 2.33. The van der Waals surface area contributed by atoms with E-state index in [0.717, 1.165) is 5.56 Å². The monoisotopic (exact) mass is 250 g/mol. The van der Waals surface area contributed by atoms with Crippen molar-refractivity contribution in [1.29, 1.82) is 5.26 Å². The molecule has 0 saturated carbocycles. The fourth-order valence-corrected chi connectivity index (χ4v) is 1.27. The number of carboxylic acids is 1. The van der Waals surface area contributed by atoms with Gasteiger partial charge in [0.05, 0.1) is 12.3 Å². The summed E-state index contributed by atoms with van der Waals surface area (Å²) in [4.78, 5) is 10.2. The van der Waals surface area contributed by atoms with Crippen molar-refractivity contribution in [3.63, 3.8) is 0 Å². The van der Waals surface area contributed by atoms with Gasteiger partial charge in [-0.3, -0.25) is 0 Å². The molecule has 0 bridgehead atoms. The number of nitrogens with zero attached hydrogens (tertiary/aromatic N) is 3. The van der Waals surface area contributed by atoms with Gasteiger partial charge >= 0.3 is 5.97 Å². The first-order valence-electron chi connectivity index (χ1n) is 5.33. The Balaban J connectivity index is 2.55. The summed E-state index contributed by atoms with van der Waals surface area (Å²) >= 11 is 0. The molecule has 1 rings (SSSR count). The van der Waals surface area contributed by atoms with Gasteiger partial charge in [0.15, 0.2) is 5.82 Å². The SMILES string of the molecule is Cc1nnc(NCCOCC(=O)O)c(C#N)c1C. The van der Waals surface area contributed by atoms with Crippen LogP contribution in [0.15, 0.2) is 0 Å². The Morgan fingerprint density at radius 1 is 1.50 bits per heavy atom. The fourth-order valence-electron chi connectivity index (χ4n) is 1.27. The minimum atomic E-state index is -1.02. The van der Waals surface area contributed by atoms with Gasteiger partial charge in [-0.2, -0.15) is 10.4 Å². The number of nitriles is 1. The lowest BCUT2D eigenvalue weighted by molar-refractivity contribution is -0.142. The third-order valence-electron chi connectivity index (χ3n) is 2.33. The van der Waals surface area contributed by atoms with Crippen molar-refractivity contribution in [3.8, 4) is 6.07 Å². The maximum absolute atomic E-state index is 10.2. The molecule has 0 aliphatic carbocycles. The number of aliphatic carboxylic acids is 1. The Morgan fingerprint density at radius 3 is 2.83 bits per heavy atom. The van der Waals surface area contributed by atoms with E-state index in [9.17, 15) is 4.79 Å². The molecule has 0 atom stereocenters. The van der Waals surface area contributed by atoms with Crippen LogP contribution in [0.4, 0.5) is 5.82 Å². The molecule has 0 unspecified atom stereocenters. The molecule has 0 aliphatic heterocycles. The number of aryl methyl sites for hydroxylation is 1. The highest BCUT2D eigenvalue weighted by molar-refractivity contribution is 5.68. The van der Waals surface area contributed by atoms with Crippen LogP contribution in [0.5, 0.6) is 0 Å². The maximum atomic E-state index is 10.2. The highest BCUT2D eigenvalue weighted by Gasteiger charge is 2.09. The third-order valence-corrected chi connectivity index (χ3v) is 2.33. The predicted molar refractivity (Wildman–Crippen MR) is 63.2 cm³/mol. The second-order valence-corrected chi connectivity index (χ2v) is 3.62. The first-order chi connectivity index (χ1) is 8.56. The van der Waals surface area contributed by atoms with Gasteiger partial charge in [0.25, 0.3) is 0 Å². The molecule has 0 amide bonds. The largest absolute Gasteiger partial charge is 0.480 e. The minimum Gasteiger partial charge on any atom is -0.480 e. The van der Waals surface area contributed by atoms with E-state index in [0.29, 0.717) is 23.6 Å². The Kier molecular flexibility index (Phi) is 5.02. The van der Waals surface area contributed by atoms with E-state index < -0.39 is 5.97 Å². The van der Waals surface area contributed by atoms with Crippen molar-refractivity contribution in [2.75, 3.05) is 25.1 Å². The number of nitrogens with one attached hydrogen (secondary N) is 1. The second-order valence-electron chi connectivity index (χ2n) is 3.62. The lowest BCUT2D eigenvalue weighted by atomic mass is 10.1. The van der Waals surface area contributed by atoms with Crippen molar-refractivity contribution < 1.29 is 14.6 Å². The summed E-state index contributed by atoms with van der Waals surface area (Å²) in [5.74, 6) is -0.627. The average molecular weight is 250 g/mol. The van der Waals surface area contributed by atoms with Crippen LogP contribution in [0.2, 0.25) is 0 Å². The molecule has 96 valence electrons. The molecule has 0 aliphatic rings. The smallest absolute Gasteiger partial charge is 0.329 e. The molecular weight excluding hydrogens is 236 g/mol. The van der Waals surface area contributed by atoms with Gasteiger partial charge < -0.3 is 15.2 Å². The molecule has 1 aromatic heterocycles. The highest BCUT2D eigenvalue weighted by Crippen LogP contribution is 2.16. The van der Waals surface area contributed by atoms with E-state index in [1.165, 1.54) is 0 Å². The Hall–Kier alpha value is -2.20. The van der Waals surface area contributed by atoms with Crippen LogP contribution in [-0.4, -0.2) is 41.0 Å². The molecule has 18 heavy (non-hydrogen) atoms. The van der Waals surface area contributed by atoms with Crippen LogP contribution in [0.1, 0.15) is 16.8 Å². The molecule has 1 heterocycles. The summed E-state index contributed by atoms with van der Waals surface area (Å²) in [5.41, 5.74) is 1.93. The number of hydrogen-bond acceptors (Lipinski definition) is 6. The zero-order chi connectivity index (χ0) is 13.5.